The molecule has 6 aromatic carbocycles. The molecule has 4 heterocycles. The summed E-state index contributed by atoms with van der Waals surface area (Å²) in [5.41, 5.74) is 8.26. The summed E-state index contributed by atoms with van der Waals surface area (Å²) >= 11 is 1.68. The first kappa shape index (κ1) is 24.6. The van der Waals surface area contributed by atoms with Crippen molar-refractivity contribution in [2.24, 2.45) is 0 Å². The van der Waals surface area contributed by atoms with Crippen molar-refractivity contribution >= 4 is 75.4 Å². The fourth-order valence-corrected chi connectivity index (χ4v) is 7.98. The van der Waals surface area contributed by atoms with Crippen LogP contribution in [0.4, 0.5) is 0 Å². The highest BCUT2D eigenvalue weighted by Gasteiger charge is 2.22. The molecule has 0 saturated heterocycles. The van der Waals surface area contributed by atoms with Crippen LogP contribution in [0.15, 0.2) is 144 Å². The second kappa shape index (κ2) is 9.36. The quantitative estimate of drug-likeness (QED) is 0.205. The highest BCUT2D eigenvalue weighted by Crippen LogP contribution is 2.45. The third kappa shape index (κ3) is 3.59. The Hall–Kier alpha value is -5.78. The molecular weight excluding hydrogens is 571 g/mol. The first-order valence-corrected chi connectivity index (χ1v) is 15.8. The summed E-state index contributed by atoms with van der Waals surface area (Å²) in [4.78, 5) is 11.7. The molecule has 0 bridgehead atoms. The lowest BCUT2D eigenvalue weighted by atomic mass is 9.99. The largest absolute Gasteiger partial charge is 0.455 e. The van der Waals surface area contributed by atoms with E-state index in [9.17, 15) is 0 Å². The van der Waals surface area contributed by atoms with Gasteiger partial charge in [0, 0.05) is 37.9 Å². The fourth-order valence-electron chi connectivity index (χ4n) is 6.83. The minimum Gasteiger partial charge on any atom is -0.455 e. The first-order valence-electron chi connectivity index (χ1n) is 15.0. The van der Waals surface area contributed by atoms with Gasteiger partial charge in [0.15, 0.2) is 5.58 Å². The van der Waals surface area contributed by atoms with E-state index in [0.717, 1.165) is 70.1 Å². The Bertz CT molecular complexity index is 2720. The van der Waals surface area contributed by atoms with Crippen molar-refractivity contribution in [2.45, 2.75) is 0 Å². The summed E-state index contributed by atoms with van der Waals surface area (Å²) in [5, 5.41) is 6.77. The van der Waals surface area contributed by atoms with Crippen molar-refractivity contribution in [1.82, 2.24) is 14.5 Å². The normalized spacial score (nSPS) is 12.0. The minimum atomic E-state index is 0.660. The highest BCUT2D eigenvalue weighted by atomic mass is 32.1. The molecule has 0 amide bonds. The number of hydrogen-bond donors (Lipinski definition) is 0. The molecule has 0 saturated carbocycles. The van der Waals surface area contributed by atoms with Crippen molar-refractivity contribution in [1.29, 1.82) is 0 Å². The zero-order chi connectivity index (χ0) is 29.5. The molecule has 4 nitrogen and oxygen atoms in total. The molecular formula is C40H23N3OS. The second-order valence-corrected chi connectivity index (χ2v) is 12.4. The summed E-state index contributed by atoms with van der Waals surface area (Å²) in [6.07, 6.45) is 0. The Morgan fingerprint density at radius 1 is 0.511 bits per heavy atom. The minimum absolute atomic E-state index is 0.660. The summed E-state index contributed by atoms with van der Waals surface area (Å²) in [5.74, 6) is 0.660. The predicted octanol–water partition coefficient (Wildman–Crippen LogP) is 11.2. The van der Waals surface area contributed by atoms with E-state index in [4.69, 9.17) is 14.4 Å². The third-order valence-corrected chi connectivity index (χ3v) is 9.95. The van der Waals surface area contributed by atoms with Crippen molar-refractivity contribution in [3.8, 4) is 28.3 Å². The van der Waals surface area contributed by atoms with Gasteiger partial charge in [0.25, 0.3) is 0 Å². The molecule has 0 unspecified atom stereocenters. The number of para-hydroxylation sites is 3. The van der Waals surface area contributed by atoms with Crippen LogP contribution in [0.1, 0.15) is 0 Å². The molecule has 0 aliphatic heterocycles. The lowest BCUT2D eigenvalue weighted by Gasteiger charge is -2.11. The number of furan rings is 1. The van der Waals surface area contributed by atoms with Crippen molar-refractivity contribution in [2.75, 3.05) is 0 Å². The molecule has 0 atom stereocenters. The molecule has 0 aliphatic carbocycles. The van der Waals surface area contributed by atoms with Crippen LogP contribution >= 0.6 is 11.3 Å². The molecule has 10 rings (SSSR count). The van der Waals surface area contributed by atoms with E-state index in [0.29, 0.717) is 5.95 Å². The highest BCUT2D eigenvalue weighted by molar-refractivity contribution is 7.26. The van der Waals surface area contributed by atoms with Gasteiger partial charge in [-0.15, -0.1) is 11.3 Å². The first-order chi connectivity index (χ1) is 22.3. The molecule has 0 spiro atoms. The van der Waals surface area contributed by atoms with Crippen molar-refractivity contribution in [3.05, 3.63) is 140 Å². The molecule has 45 heavy (non-hydrogen) atoms. The van der Waals surface area contributed by atoms with Gasteiger partial charge >= 0.3 is 0 Å². The number of aromatic nitrogens is 3. The maximum atomic E-state index is 6.49. The van der Waals surface area contributed by atoms with Gasteiger partial charge in [-0.1, -0.05) is 109 Å². The van der Waals surface area contributed by atoms with Gasteiger partial charge < -0.3 is 4.42 Å². The topological polar surface area (TPSA) is 43.9 Å². The number of rotatable bonds is 3. The van der Waals surface area contributed by atoms with E-state index in [2.05, 4.69) is 132 Å². The molecule has 4 aromatic heterocycles. The third-order valence-electron chi connectivity index (χ3n) is 8.86. The van der Waals surface area contributed by atoms with Crippen LogP contribution in [0.5, 0.6) is 0 Å². The van der Waals surface area contributed by atoms with Crippen LogP contribution in [0.2, 0.25) is 0 Å². The smallest absolute Gasteiger partial charge is 0.236 e. The number of thiophene rings is 1. The fraction of sp³-hybridized carbons (Fsp3) is 0. The van der Waals surface area contributed by atoms with E-state index in [1.165, 1.54) is 16.3 Å². The van der Waals surface area contributed by atoms with Gasteiger partial charge in [0.2, 0.25) is 5.95 Å². The predicted molar refractivity (Wildman–Crippen MR) is 187 cm³/mol. The van der Waals surface area contributed by atoms with Gasteiger partial charge in [-0.3, -0.25) is 4.57 Å². The maximum Gasteiger partial charge on any atom is 0.236 e. The Morgan fingerprint density at radius 3 is 1.96 bits per heavy atom. The Balaban J connectivity index is 1.33. The molecule has 5 heteroatoms. The monoisotopic (exact) mass is 593 g/mol. The summed E-state index contributed by atoms with van der Waals surface area (Å²) in [7, 11) is 0. The summed E-state index contributed by atoms with van der Waals surface area (Å²) in [6.45, 7) is 0. The molecule has 210 valence electrons. The lowest BCUT2D eigenvalue weighted by Crippen LogP contribution is -2.02. The molecule has 0 radical (unpaired) electrons. The standard InChI is InChI=1S/C40H23N3OS/c1-2-11-24(12-3-1)25-13-10-14-26(23-25)36-35-31-22-21-30-29-17-6-9-20-34(29)44-37(30)38(31)45-39(35)42-40(41-36)43-32-18-7-4-15-27(32)28-16-5-8-19-33(28)43/h1-23H. The van der Waals surface area contributed by atoms with Gasteiger partial charge in [-0.2, -0.15) is 0 Å². The number of nitrogens with zero attached hydrogens (tertiary/aromatic N) is 3. The van der Waals surface area contributed by atoms with Gasteiger partial charge in [-0.05, 0) is 41.5 Å². The average Bonchev–Trinajstić information content (AvgIpc) is 3.78. The Labute approximate surface area is 261 Å². The average molecular weight is 594 g/mol. The molecule has 10 aromatic rings. The van der Waals surface area contributed by atoms with Crippen LogP contribution in [0.25, 0.3) is 92.4 Å². The van der Waals surface area contributed by atoms with E-state index in [-0.39, 0.29) is 0 Å². The van der Waals surface area contributed by atoms with Gasteiger partial charge in [0.05, 0.1) is 21.4 Å². The van der Waals surface area contributed by atoms with Crippen LogP contribution in [-0.2, 0) is 0 Å². The van der Waals surface area contributed by atoms with Crippen LogP contribution in [0.3, 0.4) is 0 Å². The van der Waals surface area contributed by atoms with Crippen LogP contribution in [0, 0.1) is 0 Å². The zero-order valence-corrected chi connectivity index (χ0v) is 24.8. The van der Waals surface area contributed by atoms with Gasteiger partial charge in [-0.25, -0.2) is 9.97 Å². The maximum absolute atomic E-state index is 6.49. The second-order valence-electron chi connectivity index (χ2n) is 11.4. The lowest BCUT2D eigenvalue weighted by molar-refractivity contribution is 0.673. The molecule has 0 N–H and O–H groups in total. The van der Waals surface area contributed by atoms with Crippen molar-refractivity contribution < 1.29 is 4.42 Å². The Morgan fingerprint density at radius 2 is 1.16 bits per heavy atom. The van der Waals surface area contributed by atoms with Gasteiger partial charge in [0.1, 0.15) is 10.4 Å². The SMILES string of the molecule is c1ccc(-c2cccc(-c3nc(-n4c5ccccc5c5ccccc54)nc4sc5c(ccc6c7ccccc7oc65)c34)c2)cc1. The van der Waals surface area contributed by atoms with Crippen LogP contribution < -0.4 is 0 Å². The van der Waals surface area contributed by atoms with Crippen LogP contribution in [-0.4, -0.2) is 14.5 Å². The number of fused-ring (bicyclic) bond motifs is 10. The number of benzene rings is 6. The van der Waals surface area contributed by atoms with E-state index >= 15 is 0 Å². The molecule has 0 aliphatic rings. The molecule has 0 fully saturated rings. The Kier molecular flexibility index (Phi) is 5.12. The zero-order valence-electron chi connectivity index (χ0n) is 23.9. The number of hydrogen-bond acceptors (Lipinski definition) is 4. The van der Waals surface area contributed by atoms with E-state index in [1.54, 1.807) is 11.3 Å². The van der Waals surface area contributed by atoms with E-state index in [1.807, 2.05) is 12.1 Å². The van der Waals surface area contributed by atoms with E-state index < -0.39 is 0 Å². The van der Waals surface area contributed by atoms with Crippen molar-refractivity contribution in [3.63, 3.8) is 0 Å². The summed E-state index contributed by atoms with van der Waals surface area (Å²) < 4.78 is 9.79. The summed E-state index contributed by atoms with van der Waals surface area (Å²) in [6, 6.07) is 48.8.